The highest BCUT2D eigenvalue weighted by Crippen LogP contribution is 2.13. The molecule has 0 aliphatic carbocycles. The Morgan fingerprint density at radius 1 is 1.40 bits per heavy atom. The number of carbonyl (C=O) groups is 2. The molecule has 2 unspecified atom stereocenters. The molecule has 2 atom stereocenters. The number of piperazine rings is 1. The van der Waals surface area contributed by atoms with Crippen LogP contribution in [0.1, 0.15) is 20.3 Å². The molecule has 0 saturated carbocycles. The molecule has 86 valence electrons. The highest BCUT2D eigenvalue weighted by molar-refractivity contribution is 5.79. The van der Waals surface area contributed by atoms with Gasteiger partial charge in [-0.15, -0.1) is 0 Å². The average molecular weight is 212 g/mol. The molecule has 0 bridgehead atoms. The summed E-state index contributed by atoms with van der Waals surface area (Å²) in [7, 11) is 0. The van der Waals surface area contributed by atoms with E-state index in [1.54, 1.807) is 0 Å². The first-order valence-electron chi connectivity index (χ1n) is 5.60. The van der Waals surface area contributed by atoms with Gasteiger partial charge in [0.1, 0.15) is 6.29 Å². The van der Waals surface area contributed by atoms with E-state index in [-0.39, 0.29) is 17.7 Å². The molecule has 1 amide bonds. The van der Waals surface area contributed by atoms with Crippen LogP contribution < -0.4 is 5.32 Å². The van der Waals surface area contributed by atoms with Gasteiger partial charge in [-0.05, 0) is 6.42 Å². The lowest BCUT2D eigenvalue weighted by atomic mass is 9.97. The van der Waals surface area contributed by atoms with Crippen molar-refractivity contribution in [2.75, 3.05) is 26.2 Å². The summed E-state index contributed by atoms with van der Waals surface area (Å²) in [6.07, 6.45) is 1.58. The van der Waals surface area contributed by atoms with Gasteiger partial charge in [-0.25, -0.2) is 0 Å². The van der Waals surface area contributed by atoms with Crippen LogP contribution >= 0.6 is 0 Å². The van der Waals surface area contributed by atoms with Gasteiger partial charge in [0.15, 0.2) is 0 Å². The molecule has 1 rings (SSSR count). The average Bonchev–Trinajstić information content (AvgIpc) is 2.29. The number of hydrogen-bond acceptors (Lipinski definition) is 3. The molecule has 0 spiro atoms. The molecule has 4 nitrogen and oxygen atoms in total. The second kappa shape index (κ2) is 5.85. The van der Waals surface area contributed by atoms with Gasteiger partial charge >= 0.3 is 0 Å². The van der Waals surface area contributed by atoms with Crippen LogP contribution in [0.25, 0.3) is 0 Å². The van der Waals surface area contributed by atoms with Gasteiger partial charge in [0.05, 0.1) is 0 Å². The van der Waals surface area contributed by atoms with Crippen molar-refractivity contribution in [1.82, 2.24) is 10.2 Å². The lowest BCUT2D eigenvalue weighted by Crippen LogP contribution is -2.48. The highest BCUT2D eigenvalue weighted by Gasteiger charge is 2.22. The standard InChI is InChI=1S/C11H20N2O2/c1-9(8-14)7-10(2)11(15)13-5-3-12-4-6-13/h8-10,12H,3-7H2,1-2H3. The Bertz CT molecular complexity index is 225. The van der Waals surface area contributed by atoms with E-state index < -0.39 is 0 Å². The lowest BCUT2D eigenvalue weighted by molar-refractivity contribution is -0.136. The summed E-state index contributed by atoms with van der Waals surface area (Å²) in [5.74, 6) is 0.125. The molecule has 0 aromatic carbocycles. The molecule has 1 fully saturated rings. The van der Waals surface area contributed by atoms with Gasteiger partial charge in [0.2, 0.25) is 5.91 Å². The highest BCUT2D eigenvalue weighted by atomic mass is 16.2. The van der Waals surface area contributed by atoms with Crippen molar-refractivity contribution in [3.63, 3.8) is 0 Å². The van der Waals surface area contributed by atoms with Gasteiger partial charge in [0.25, 0.3) is 0 Å². The van der Waals surface area contributed by atoms with Gasteiger partial charge < -0.3 is 15.0 Å². The first-order valence-corrected chi connectivity index (χ1v) is 5.60. The predicted octanol–water partition coefficient (Wildman–Crippen LogP) is 0.279. The fourth-order valence-corrected chi connectivity index (χ4v) is 1.91. The minimum absolute atomic E-state index is 0.0214. The molecule has 1 aliphatic rings. The molecule has 1 N–H and O–H groups in total. The number of rotatable bonds is 4. The first kappa shape index (κ1) is 12.2. The number of carbonyl (C=O) groups excluding carboxylic acids is 2. The van der Waals surface area contributed by atoms with Crippen LogP contribution in [-0.4, -0.2) is 43.3 Å². The van der Waals surface area contributed by atoms with E-state index in [1.807, 2.05) is 18.7 Å². The van der Waals surface area contributed by atoms with Crippen molar-refractivity contribution in [1.29, 1.82) is 0 Å². The zero-order chi connectivity index (χ0) is 11.3. The molecule has 0 aromatic rings. The molecule has 0 aromatic heterocycles. The van der Waals surface area contributed by atoms with Crippen LogP contribution in [0, 0.1) is 11.8 Å². The smallest absolute Gasteiger partial charge is 0.225 e. The zero-order valence-corrected chi connectivity index (χ0v) is 9.53. The quantitative estimate of drug-likeness (QED) is 0.681. The number of hydrogen-bond donors (Lipinski definition) is 1. The Balaban J connectivity index is 2.40. The van der Waals surface area contributed by atoms with E-state index in [1.165, 1.54) is 0 Å². The summed E-state index contributed by atoms with van der Waals surface area (Å²) in [6, 6.07) is 0. The number of amides is 1. The van der Waals surface area contributed by atoms with E-state index in [9.17, 15) is 9.59 Å². The Kier molecular flexibility index (Phi) is 4.75. The van der Waals surface area contributed by atoms with Crippen molar-refractivity contribution in [3.05, 3.63) is 0 Å². The molecule has 1 heterocycles. The molecule has 4 heteroatoms. The van der Waals surface area contributed by atoms with Crippen molar-refractivity contribution in [2.45, 2.75) is 20.3 Å². The monoisotopic (exact) mass is 212 g/mol. The van der Waals surface area contributed by atoms with Gasteiger partial charge in [-0.2, -0.15) is 0 Å². The fourth-order valence-electron chi connectivity index (χ4n) is 1.91. The maximum atomic E-state index is 11.9. The van der Waals surface area contributed by atoms with Crippen LogP contribution in [0.3, 0.4) is 0 Å². The maximum Gasteiger partial charge on any atom is 0.225 e. The molecular weight excluding hydrogens is 192 g/mol. The minimum Gasteiger partial charge on any atom is -0.340 e. The third-order valence-corrected chi connectivity index (χ3v) is 2.81. The van der Waals surface area contributed by atoms with Crippen LogP contribution in [-0.2, 0) is 9.59 Å². The second-order valence-electron chi connectivity index (χ2n) is 4.33. The zero-order valence-electron chi connectivity index (χ0n) is 9.53. The fraction of sp³-hybridized carbons (Fsp3) is 0.818. The lowest BCUT2D eigenvalue weighted by Gasteiger charge is -2.30. The summed E-state index contributed by atoms with van der Waals surface area (Å²) in [6.45, 7) is 7.10. The Morgan fingerprint density at radius 2 is 2.00 bits per heavy atom. The van der Waals surface area contributed by atoms with E-state index >= 15 is 0 Å². The number of aldehydes is 1. The third kappa shape index (κ3) is 3.63. The Morgan fingerprint density at radius 3 is 2.53 bits per heavy atom. The number of nitrogens with one attached hydrogen (secondary N) is 1. The summed E-state index contributed by atoms with van der Waals surface area (Å²) < 4.78 is 0. The van der Waals surface area contributed by atoms with E-state index in [0.29, 0.717) is 6.42 Å². The molecule has 15 heavy (non-hydrogen) atoms. The van der Waals surface area contributed by atoms with Crippen molar-refractivity contribution in [3.8, 4) is 0 Å². The summed E-state index contributed by atoms with van der Waals surface area (Å²) in [5, 5.41) is 3.21. The van der Waals surface area contributed by atoms with Crippen LogP contribution in [0.4, 0.5) is 0 Å². The Labute approximate surface area is 91.0 Å². The predicted molar refractivity (Wildman–Crippen MR) is 58.5 cm³/mol. The first-order chi connectivity index (χ1) is 7.15. The maximum absolute atomic E-state index is 11.9. The van der Waals surface area contributed by atoms with E-state index in [4.69, 9.17) is 0 Å². The number of nitrogens with zero attached hydrogens (tertiary/aromatic N) is 1. The van der Waals surface area contributed by atoms with Gasteiger partial charge in [-0.3, -0.25) is 4.79 Å². The van der Waals surface area contributed by atoms with Crippen molar-refractivity contribution >= 4 is 12.2 Å². The van der Waals surface area contributed by atoms with Crippen LogP contribution in [0.15, 0.2) is 0 Å². The molecule has 1 aliphatic heterocycles. The van der Waals surface area contributed by atoms with Crippen LogP contribution in [0.5, 0.6) is 0 Å². The second-order valence-corrected chi connectivity index (χ2v) is 4.33. The normalized spacial score (nSPS) is 20.8. The van der Waals surface area contributed by atoms with Crippen molar-refractivity contribution < 1.29 is 9.59 Å². The minimum atomic E-state index is -0.0386. The molecule has 1 saturated heterocycles. The van der Waals surface area contributed by atoms with Crippen LogP contribution in [0.2, 0.25) is 0 Å². The summed E-state index contributed by atoms with van der Waals surface area (Å²) in [5.41, 5.74) is 0. The summed E-state index contributed by atoms with van der Waals surface area (Å²) in [4.78, 5) is 24.3. The van der Waals surface area contributed by atoms with E-state index in [2.05, 4.69) is 5.32 Å². The third-order valence-electron chi connectivity index (χ3n) is 2.81. The topological polar surface area (TPSA) is 49.4 Å². The van der Waals surface area contributed by atoms with E-state index in [0.717, 1.165) is 32.5 Å². The Hall–Kier alpha value is -0.900. The van der Waals surface area contributed by atoms with Gasteiger partial charge in [-0.1, -0.05) is 13.8 Å². The SMILES string of the molecule is CC(C=O)CC(C)C(=O)N1CCNCC1. The largest absolute Gasteiger partial charge is 0.340 e. The molecular formula is C11H20N2O2. The van der Waals surface area contributed by atoms with Crippen molar-refractivity contribution in [2.24, 2.45) is 11.8 Å². The molecule has 0 radical (unpaired) electrons. The summed E-state index contributed by atoms with van der Waals surface area (Å²) >= 11 is 0. The van der Waals surface area contributed by atoms with Gasteiger partial charge in [0, 0.05) is 38.0 Å².